The molecule has 1 amide bonds. The number of nitrogens with two attached hydrogens (primary N) is 1. The topological polar surface area (TPSA) is 89.9 Å². The van der Waals surface area contributed by atoms with E-state index in [0.29, 0.717) is 6.54 Å². The average Bonchev–Trinajstić information content (AvgIpc) is 2.70. The largest absolute Gasteiger partial charge is 0.340 e. The Labute approximate surface area is 87.2 Å². The quantitative estimate of drug-likeness (QED) is 0.650. The second kappa shape index (κ2) is 4.35. The Morgan fingerprint density at radius 3 is 3.13 bits per heavy atom. The molecular formula is C8H14N6O. The fourth-order valence-corrected chi connectivity index (χ4v) is 1.73. The van der Waals surface area contributed by atoms with E-state index in [1.54, 1.807) is 4.90 Å². The molecule has 0 saturated carbocycles. The van der Waals surface area contributed by atoms with Crippen LogP contribution in [0.15, 0.2) is 6.33 Å². The van der Waals surface area contributed by atoms with Crippen LogP contribution < -0.4 is 5.73 Å². The fraction of sp³-hybridized carbons (Fsp3) is 0.750. The number of rotatable bonds is 2. The molecule has 0 bridgehead atoms. The summed E-state index contributed by atoms with van der Waals surface area (Å²) >= 11 is 0. The molecule has 1 atom stereocenters. The van der Waals surface area contributed by atoms with Gasteiger partial charge in [-0.2, -0.15) is 0 Å². The number of tetrazole rings is 1. The lowest BCUT2D eigenvalue weighted by Gasteiger charge is -2.30. The van der Waals surface area contributed by atoms with Gasteiger partial charge in [0.1, 0.15) is 12.9 Å². The number of aromatic nitrogens is 4. The third kappa shape index (κ3) is 2.50. The minimum absolute atomic E-state index is 0.0254. The predicted octanol–water partition coefficient (Wildman–Crippen LogP) is -1.38. The first-order chi connectivity index (χ1) is 7.25. The van der Waals surface area contributed by atoms with Gasteiger partial charge in [0.15, 0.2) is 0 Å². The number of hydrogen-bond acceptors (Lipinski definition) is 5. The van der Waals surface area contributed by atoms with Crippen LogP contribution in [0.25, 0.3) is 0 Å². The van der Waals surface area contributed by atoms with Gasteiger partial charge in [-0.1, -0.05) is 0 Å². The Hall–Kier alpha value is -1.50. The molecule has 0 spiro atoms. The van der Waals surface area contributed by atoms with Crippen molar-refractivity contribution in [3.8, 4) is 0 Å². The predicted molar refractivity (Wildman–Crippen MR) is 51.6 cm³/mol. The van der Waals surface area contributed by atoms with Crippen molar-refractivity contribution in [2.45, 2.75) is 25.4 Å². The van der Waals surface area contributed by atoms with Gasteiger partial charge in [-0.05, 0) is 23.3 Å². The molecule has 2 N–H and O–H groups in total. The lowest BCUT2D eigenvalue weighted by Crippen LogP contribution is -2.46. The molecule has 15 heavy (non-hydrogen) atoms. The first-order valence-electron chi connectivity index (χ1n) is 5.00. The van der Waals surface area contributed by atoms with E-state index < -0.39 is 0 Å². The van der Waals surface area contributed by atoms with E-state index in [4.69, 9.17) is 5.73 Å². The molecular weight excluding hydrogens is 196 g/mol. The highest BCUT2D eigenvalue weighted by Gasteiger charge is 2.21. The lowest BCUT2D eigenvalue weighted by atomic mass is 10.1. The summed E-state index contributed by atoms with van der Waals surface area (Å²) in [4.78, 5) is 13.5. The minimum atomic E-state index is 0.0254. The highest BCUT2D eigenvalue weighted by atomic mass is 16.2. The Bertz CT molecular complexity index is 324. The van der Waals surface area contributed by atoms with Gasteiger partial charge in [-0.3, -0.25) is 4.79 Å². The van der Waals surface area contributed by atoms with Crippen molar-refractivity contribution in [2.75, 3.05) is 13.1 Å². The molecule has 7 nitrogen and oxygen atoms in total. The smallest absolute Gasteiger partial charge is 0.244 e. The van der Waals surface area contributed by atoms with Crippen molar-refractivity contribution in [3.63, 3.8) is 0 Å². The molecule has 1 aliphatic heterocycles. The van der Waals surface area contributed by atoms with Crippen LogP contribution in [0, 0.1) is 0 Å². The maximum absolute atomic E-state index is 11.8. The SMILES string of the molecule is NC1CCCN(C(=O)Cn2cnnn2)C1. The van der Waals surface area contributed by atoms with E-state index in [9.17, 15) is 4.79 Å². The van der Waals surface area contributed by atoms with Crippen LogP contribution in [0.5, 0.6) is 0 Å². The number of hydrogen-bond donors (Lipinski definition) is 1. The molecule has 2 heterocycles. The van der Waals surface area contributed by atoms with Crippen LogP contribution in [0.2, 0.25) is 0 Å². The monoisotopic (exact) mass is 210 g/mol. The van der Waals surface area contributed by atoms with E-state index in [1.807, 2.05) is 0 Å². The van der Waals surface area contributed by atoms with Gasteiger partial charge < -0.3 is 10.6 Å². The number of amides is 1. The molecule has 1 aliphatic rings. The van der Waals surface area contributed by atoms with E-state index in [-0.39, 0.29) is 18.5 Å². The van der Waals surface area contributed by atoms with Crippen LogP contribution in [0.3, 0.4) is 0 Å². The standard InChI is InChI=1S/C8H14N6O/c9-7-2-1-3-13(4-7)8(15)5-14-6-10-11-12-14/h6-7H,1-5,9H2. The summed E-state index contributed by atoms with van der Waals surface area (Å²) in [6.45, 7) is 1.62. The summed E-state index contributed by atoms with van der Waals surface area (Å²) in [6.07, 6.45) is 3.40. The van der Waals surface area contributed by atoms with Crippen LogP contribution in [0.1, 0.15) is 12.8 Å². The van der Waals surface area contributed by atoms with E-state index in [2.05, 4.69) is 15.5 Å². The third-order valence-corrected chi connectivity index (χ3v) is 2.50. The summed E-state index contributed by atoms with van der Waals surface area (Å²) in [7, 11) is 0. The Morgan fingerprint density at radius 1 is 1.60 bits per heavy atom. The van der Waals surface area contributed by atoms with Crippen molar-refractivity contribution >= 4 is 5.91 Å². The fourth-order valence-electron chi connectivity index (χ4n) is 1.73. The zero-order valence-corrected chi connectivity index (χ0v) is 8.41. The van der Waals surface area contributed by atoms with Gasteiger partial charge >= 0.3 is 0 Å². The Balaban J connectivity index is 1.90. The number of carbonyl (C=O) groups excluding carboxylic acids is 1. The lowest BCUT2D eigenvalue weighted by molar-refractivity contribution is -0.133. The number of likely N-dealkylation sites (tertiary alicyclic amines) is 1. The van der Waals surface area contributed by atoms with E-state index in [0.717, 1.165) is 19.4 Å². The van der Waals surface area contributed by atoms with E-state index >= 15 is 0 Å². The molecule has 0 aromatic carbocycles. The first-order valence-corrected chi connectivity index (χ1v) is 5.00. The summed E-state index contributed by atoms with van der Waals surface area (Å²) in [5.74, 6) is 0.0254. The molecule has 0 radical (unpaired) electrons. The van der Waals surface area contributed by atoms with Gasteiger partial charge in [-0.15, -0.1) is 5.10 Å². The van der Waals surface area contributed by atoms with Gasteiger partial charge in [0.05, 0.1) is 0 Å². The molecule has 1 aromatic rings. The van der Waals surface area contributed by atoms with Crippen LogP contribution in [0.4, 0.5) is 0 Å². The average molecular weight is 210 g/mol. The second-order valence-electron chi connectivity index (χ2n) is 3.75. The van der Waals surface area contributed by atoms with Crippen molar-refractivity contribution in [3.05, 3.63) is 6.33 Å². The van der Waals surface area contributed by atoms with Crippen molar-refractivity contribution < 1.29 is 4.79 Å². The third-order valence-electron chi connectivity index (χ3n) is 2.50. The van der Waals surface area contributed by atoms with Crippen LogP contribution in [-0.4, -0.2) is 50.1 Å². The normalized spacial score (nSPS) is 21.7. The molecule has 7 heteroatoms. The molecule has 0 aliphatic carbocycles. The van der Waals surface area contributed by atoms with Gasteiger partial charge in [0.2, 0.25) is 5.91 Å². The van der Waals surface area contributed by atoms with Gasteiger partial charge in [-0.25, -0.2) is 4.68 Å². The first kappa shape index (κ1) is 10.0. The number of carbonyl (C=O) groups is 1. The maximum atomic E-state index is 11.8. The van der Waals surface area contributed by atoms with Crippen molar-refractivity contribution in [1.82, 2.24) is 25.1 Å². The molecule has 1 saturated heterocycles. The number of nitrogens with zero attached hydrogens (tertiary/aromatic N) is 5. The molecule has 1 unspecified atom stereocenters. The zero-order chi connectivity index (χ0) is 10.7. The molecule has 82 valence electrons. The summed E-state index contributed by atoms with van der Waals surface area (Å²) in [5.41, 5.74) is 5.80. The summed E-state index contributed by atoms with van der Waals surface area (Å²) in [5, 5.41) is 10.6. The second-order valence-corrected chi connectivity index (χ2v) is 3.75. The highest BCUT2D eigenvalue weighted by molar-refractivity contribution is 5.76. The molecule has 2 rings (SSSR count). The van der Waals surface area contributed by atoms with Crippen molar-refractivity contribution in [1.29, 1.82) is 0 Å². The zero-order valence-electron chi connectivity index (χ0n) is 8.41. The molecule has 1 aromatic heterocycles. The molecule has 1 fully saturated rings. The van der Waals surface area contributed by atoms with Crippen LogP contribution in [-0.2, 0) is 11.3 Å². The van der Waals surface area contributed by atoms with Crippen molar-refractivity contribution in [2.24, 2.45) is 5.73 Å². The maximum Gasteiger partial charge on any atom is 0.244 e. The number of piperidine rings is 1. The summed E-state index contributed by atoms with van der Waals surface area (Å²) in [6, 6.07) is 0.108. The van der Waals surface area contributed by atoms with Gasteiger partial charge in [0.25, 0.3) is 0 Å². The minimum Gasteiger partial charge on any atom is -0.340 e. The Kier molecular flexibility index (Phi) is 2.91. The Morgan fingerprint density at radius 2 is 2.47 bits per heavy atom. The highest BCUT2D eigenvalue weighted by Crippen LogP contribution is 2.08. The van der Waals surface area contributed by atoms with Gasteiger partial charge in [0, 0.05) is 19.1 Å². The summed E-state index contributed by atoms with van der Waals surface area (Å²) < 4.78 is 1.42. The van der Waals surface area contributed by atoms with Crippen LogP contribution >= 0.6 is 0 Å². The van der Waals surface area contributed by atoms with E-state index in [1.165, 1.54) is 11.0 Å².